The molecule has 1 heterocycles. The van der Waals surface area contributed by atoms with Crippen molar-refractivity contribution in [3.05, 3.63) is 57.6 Å². The molecule has 0 bridgehead atoms. The molecule has 3 rings (SSSR count). The number of carbonyl (C=O) groups excluding carboxylic acids is 1. The molecule has 0 unspecified atom stereocenters. The van der Waals surface area contributed by atoms with Gasteiger partial charge in [-0.3, -0.25) is 4.79 Å². The minimum Gasteiger partial charge on any atom is -0.360 e. The van der Waals surface area contributed by atoms with E-state index in [1.54, 1.807) is 11.0 Å². The number of hydrogen-bond donors (Lipinski definition) is 1. The first-order valence-corrected chi connectivity index (χ1v) is 8.52. The summed E-state index contributed by atoms with van der Waals surface area (Å²) in [5.74, 6) is -1.51. The molecule has 1 N–H and O–H groups in total. The minimum atomic E-state index is -0.632. The van der Waals surface area contributed by atoms with Gasteiger partial charge in [-0.05, 0) is 55.5 Å². The second-order valence-electron chi connectivity index (χ2n) is 6.41. The van der Waals surface area contributed by atoms with Crippen molar-refractivity contribution in [3.8, 4) is 0 Å². The van der Waals surface area contributed by atoms with Crippen LogP contribution in [-0.4, -0.2) is 19.0 Å². The van der Waals surface area contributed by atoms with Crippen LogP contribution in [0.5, 0.6) is 0 Å². The summed E-state index contributed by atoms with van der Waals surface area (Å²) in [7, 11) is 0. The highest BCUT2D eigenvalue weighted by atomic mass is 35.5. The Bertz CT molecular complexity index is 815. The number of aryl methyl sites for hydroxylation is 3. The molecule has 0 radical (unpaired) electrons. The van der Waals surface area contributed by atoms with Crippen LogP contribution in [-0.2, 0) is 11.2 Å². The number of nitrogens with zero attached hydrogens (tertiary/aromatic N) is 1. The van der Waals surface area contributed by atoms with E-state index in [2.05, 4.69) is 5.32 Å². The summed E-state index contributed by atoms with van der Waals surface area (Å²) in [4.78, 5) is 14.1. The van der Waals surface area contributed by atoms with Gasteiger partial charge >= 0.3 is 0 Å². The van der Waals surface area contributed by atoms with Crippen molar-refractivity contribution in [1.82, 2.24) is 0 Å². The van der Waals surface area contributed by atoms with E-state index in [4.69, 9.17) is 11.6 Å². The topological polar surface area (TPSA) is 32.3 Å². The van der Waals surface area contributed by atoms with Crippen molar-refractivity contribution in [2.75, 3.05) is 23.3 Å². The van der Waals surface area contributed by atoms with Gasteiger partial charge < -0.3 is 10.2 Å². The van der Waals surface area contributed by atoms with Gasteiger partial charge in [0.25, 0.3) is 0 Å². The number of rotatable bonds is 3. The van der Waals surface area contributed by atoms with Crippen LogP contribution in [0.15, 0.2) is 24.3 Å². The third-order valence-electron chi connectivity index (χ3n) is 4.33. The van der Waals surface area contributed by atoms with Crippen molar-refractivity contribution in [2.45, 2.75) is 26.7 Å². The molecule has 25 heavy (non-hydrogen) atoms. The first-order valence-electron chi connectivity index (χ1n) is 8.14. The van der Waals surface area contributed by atoms with E-state index in [0.717, 1.165) is 23.6 Å². The molecule has 0 atom stereocenters. The molecule has 1 aliphatic rings. The third kappa shape index (κ3) is 3.76. The van der Waals surface area contributed by atoms with Crippen molar-refractivity contribution in [1.29, 1.82) is 0 Å². The Hall–Kier alpha value is -2.14. The highest BCUT2D eigenvalue weighted by Gasteiger charge is 2.24. The highest BCUT2D eigenvalue weighted by Crippen LogP contribution is 2.31. The second-order valence-corrected chi connectivity index (χ2v) is 6.81. The Morgan fingerprint density at radius 2 is 2.00 bits per heavy atom. The Labute approximate surface area is 150 Å². The van der Waals surface area contributed by atoms with Crippen LogP contribution in [0, 0.1) is 25.5 Å². The number of carbonyl (C=O) groups is 1. The van der Waals surface area contributed by atoms with E-state index in [1.165, 1.54) is 6.07 Å². The quantitative estimate of drug-likeness (QED) is 0.861. The Morgan fingerprint density at radius 1 is 1.24 bits per heavy atom. The fraction of sp³-hybridized carbons (Fsp3) is 0.316. The fourth-order valence-corrected chi connectivity index (χ4v) is 3.69. The second kappa shape index (κ2) is 7.00. The van der Waals surface area contributed by atoms with E-state index in [9.17, 15) is 13.6 Å². The lowest BCUT2D eigenvalue weighted by Gasteiger charge is -2.31. The van der Waals surface area contributed by atoms with Crippen LogP contribution in [0.2, 0.25) is 5.02 Å². The number of anilines is 2. The molecule has 0 saturated heterocycles. The molecule has 0 saturated carbocycles. The summed E-state index contributed by atoms with van der Waals surface area (Å²) in [6, 6.07) is 5.91. The smallest absolute Gasteiger partial charge is 0.243 e. The van der Waals surface area contributed by atoms with Gasteiger partial charge in [0.05, 0.1) is 22.9 Å². The van der Waals surface area contributed by atoms with Crippen LogP contribution in [0.25, 0.3) is 0 Å². The first kappa shape index (κ1) is 17.7. The average molecular weight is 365 g/mol. The number of hydrogen-bond acceptors (Lipinski definition) is 2. The lowest BCUT2D eigenvalue weighted by molar-refractivity contribution is -0.115. The van der Waals surface area contributed by atoms with E-state index >= 15 is 0 Å². The van der Waals surface area contributed by atoms with Gasteiger partial charge in [0.2, 0.25) is 5.91 Å². The maximum absolute atomic E-state index is 14.2. The summed E-state index contributed by atoms with van der Waals surface area (Å²) in [5.41, 5.74) is 3.35. The molecule has 0 aromatic heterocycles. The lowest BCUT2D eigenvalue weighted by Crippen LogP contribution is -2.37. The van der Waals surface area contributed by atoms with Crippen molar-refractivity contribution < 1.29 is 13.6 Å². The first-order chi connectivity index (χ1) is 11.8. The van der Waals surface area contributed by atoms with E-state index in [-0.39, 0.29) is 12.5 Å². The van der Waals surface area contributed by atoms with Gasteiger partial charge in [-0.2, -0.15) is 0 Å². The molecule has 6 heteroatoms. The van der Waals surface area contributed by atoms with E-state index < -0.39 is 11.6 Å². The van der Waals surface area contributed by atoms with Gasteiger partial charge in [0.1, 0.15) is 11.6 Å². The Morgan fingerprint density at radius 3 is 2.72 bits per heavy atom. The van der Waals surface area contributed by atoms with Crippen molar-refractivity contribution in [2.24, 2.45) is 0 Å². The van der Waals surface area contributed by atoms with Crippen LogP contribution in [0.3, 0.4) is 0 Å². The maximum Gasteiger partial charge on any atom is 0.243 e. The lowest BCUT2D eigenvalue weighted by atomic mass is 10.0. The third-order valence-corrected chi connectivity index (χ3v) is 4.63. The molecule has 0 fully saturated rings. The molecule has 2 aromatic carbocycles. The molecule has 1 amide bonds. The molecule has 132 valence electrons. The summed E-state index contributed by atoms with van der Waals surface area (Å²) in [6.07, 6.45) is 1.35. The monoisotopic (exact) mass is 364 g/mol. The SMILES string of the molecule is Cc1cc(C)c(NC(=O)CN2CCCc3cc(F)cc(F)c32)c(Cl)c1. The molecular formula is C19H19ClF2N2O. The van der Waals surface area contributed by atoms with Crippen LogP contribution in [0.1, 0.15) is 23.1 Å². The normalized spacial score (nSPS) is 13.6. The molecule has 1 aliphatic heterocycles. The maximum atomic E-state index is 14.2. The molecule has 0 spiro atoms. The van der Waals surface area contributed by atoms with Gasteiger partial charge in [0.15, 0.2) is 0 Å². The molecule has 2 aromatic rings. The predicted octanol–water partition coefficient (Wildman–Crippen LogP) is 4.63. The standard InChI is InChI=1S/C19H19ClF2N2O/c1-11-6-12(2)18(15(20)7-11)23-17(25)10-24-5-3-4-13-8-14(21)9-16(22)19(13)24/h6-9H,3-5,10H2,1-2H3,(H,23,25). The zero-order valence-corrected chi connectivity index (χ0v) is 14.9. The zero-order chi connectivity index (χ0) is 18.1. The van der Waals surface area contributed by atoms with Crippen LogP contribution < -0.4 is 10.2 Å². The number of nitrogens with one attached hydrogen (secondary N) is 1. The predicted molar refractivity (Wildman–Crippen MR) is 96.4 cm³/mol. The number of amides is 1. The Kier molecular flexibility index (Phi) is 4.95. The van der Waals surface area contributed by atoms with Crippen LogP contribution in [0.4, 0.5) is 20.2 Å². The van der Waals surface area contributed by atoms with E-state index in [0.29, 0.717) is 34.9 Å². The van der Waals surface area contributed by atoms with Gasteiger partial charge in [-0.25, -0.2) is 8.78 Å². The van der Waals surface area contributed by atoms with Gasteiger partial charge in [0, 0.05) is 12.6 Å². The minimum absolute atomic E-state index is 0.0147. The zero-order valence-electron chi connectivity index (χ0n) is 14.1. The summed E-state index contributed by atoms with van der Waals surface area (Å²) in [6.45, 7) is 4.33. The van der Waals surface area contributed by atoms with E-state index in [1.807, 2.05) is 19.9 Å². The summed E-state index contributed by atoms with van der Waals surface area (Å²) in [5, 5.41) is 3.28. The number of fused-ring (bicyclic) bond motifs is 1. The van der Waals surface area contributed by atoms with Gasteiger partial charge in [-0.15, -0.1) is 0 Å². The highest BCUT2D eigenvalue weighted by molar-refractivity contribution is 6.34. The number of halogens is 3. The summed E-state index contributed by atoms with van der Waals surface area (Å²) >= 11 is 6.22. The average Bonchev–Trinajstić information content (AvgIpc) is 2.50. The molecule has 0 aliphatic carbocycles. The number of benzene rings is 2. The molecular weight excluding hydrogens is 346 g/mol. The van der Waals surface area contributed by atoms with Crippen molar-refractivity contribution in [3.63, 3.8) is 0 Å². The fourth-order valence-electron chi connectivity index (χ4n) is 3.32. The van der Waals surface area contributed by atoms with Crippen molar-refractivity contribution >= 4 is 28.9 Å². The largest absolute Gasteiger partial charge is 0.360 e. The molecule has 3 nitrogen and oxygen atoms in total. The summed E-state index contributed by atoms with van der Waals surface area (Å²) < 4.78 is 27.6. The van der Waals surface area contributed by atoms with Crippen LogP contribution >= 0.6 is 11.6 Å². The van der Waals surface area contributed by atoms with Gasteiger partial charge in [-0.1, -0.05) is 17.7 Å². The Balaban J connectivity index is 1.80.